The van der Waals surface area contributed by atoms with Crippen LogP contribution < -0.4 is 10.1 Å². The molecule has 1 amide bonds. The molecule has 4 heteroatoms. The van der Waals surface area contributed by atoms with E-state index in [1.54, 1.807) is 14.0 Å². The first-order valence-corrected chi connectivity index (χ1v) is 5.08. The normalized spacial score (nSPS) is 12.0. The van der Waals surface area contributed by atoms with Crippen LogP contribution >= 0.6 is 11.6 Å². The van der Waals surface area contributed by atoms with Crippen LogP contribution in [0.15, 0.2) is 18.2 Å². The minimum absolute atomic E-state index is 0.236. The highest BCUT2D eigenvalue weighted by atomic mass is 35.5. The Hall–Kier alpha value is -1.22. The number of methoxy groups -OCH3 is 1. The van der Waals surface area contributed by atoms with Gasteiger partial charge >= 0.3 is 0 Å². The Morgan fingerprint density at radius 2 is 2.20 bits per heavy atom. The molecule has 0 fully saturated rings. The molecular formula is C11H14ClNO2. The maximum atomic E-state index is 11.4. The molecule has 1 aromatic rings. The number of carbonyl (C=O) groups is 1. The number of benzene rings is 1. The molecule has 0 saturated carbocycles. The molecule has 0 saturated heterocycles. The summed E-state index contributed by atoms with van der Waals surface area (Å²) in [6.45, 7) is 3.57. The van der Waals surface area contributed by atoms with Gasteiger partial charge in [0.1, 0.15) is 11.1 Å². The van der Waals surface area contributed by atoms with Crippen molar-refractivity contribution in [1.82, 2.24) is 0 Å². The molecule has 15 heavy (non-hydrogen) atoms. The SMILES string of the molecule is COc1ccc(C)cc1NC(=O)[C@H](C)Cl. The van der Waals surface area contributed by atoms with E-state index in [4.69, 9.17) is 16.3 Å². The van der Waals surface area contributed by atoms with Crippen molar-refractivity contribution in [3.63, 3.8) is 0 Å². The molecule has 0 unspecified atom stereocenters. The number of hydrogen-bond acceptors (Lipinski definition) is 2. The fourth-order valence-electron chi connectivity index (χ4n) is 1.15. The number of carbonyl (C=O) groups excluding carboxylic acids is 1. The molecule has 0 spiro atoms. The first-order valence-electron chi connectivity index (χ1n) is 4.64. The summed E-state index contributed by atoms with van der Waals surface area (Å²) < 4.78 is 5.12. The van der Waals surface area contributed by atoms with Crippen molar-refractivity contribution in [2.75, 3.05) is 12.4 Å². The second kappa shape index (κ2) is 5.03. The molecule has 0 radical (unpaired) electrons. The zero-order valence-corrected chi connectivity index (χ0v) is 9.76. The second-order valence-corrected chi connectivity index (χ2v) is 3.96. The maximum absolute atomic E-state index is 11.4. The van der Waals surface area contributed by atoms with Gasteiger partial charge in [0.2, 0.25) is 5.91 Å². The van der Waals surface area contributed by atoms with Crippen molar-refractivity contribution in [3.8, 4) is 5.75 Å². The van der Waals surface area contributed by atoms with Crippen molar-refractivity contribution in [3.05, 3.63) is 23.8 Å². The van der Waals surface area contributed by atoms with Gasteiger partial charge in [-0.15, -0.1) is 11.6 Å². The van der Waals surface area contributed by atoms with E-state index in [9.17, 15) is 4.79 Å². The van der Waals surface area contributed by atoms with Crippen LogP contribution in [-0.2, 0) is 4.79 Å². The van der Waals surface area contributed by atoms with E-state index in [0.717, 1.165) is 5.56 Å². The van der Waals surface area contributed by atoms with Crippen molar-refractivity contribution in [2.45, 2.75) is 19.2 Å². The lowest BCUT2D eigenvalue weighted by Crippen LogP contribution is -2.20. The molecule has 0 bridgehead atoms. The molecule has 1 atom stereocenters. The number of amides is 1. The fourth-order valence-corrected chi connectivity index (χ4v) is 1.21. The molecule has 0 aliphatic carbocycles. The number of halogens is 1. The van der Waals surface area contributed by atoms with Gasteiger partial charge in [-0.05, 0) is 31.5 Å². The van der Waals surface area contributed by atoms with E-state index in [0.29, 0.717) is 11.4 Å². The van der Waals surface area contributed by atoms with Gasteiger partial charge in [-0.2, -0.15) is 0 Å². The van der Waals surface area contributed by atoms with Crippen molar-refractivity contribution < 1.29 is 9.53 Å². The Labute approximate surface area is 94.4 Å². The van der Waals surface area contributed by atoms with E-state index in [1.807, 2.05) is 25.1 Å². The van der Waals surface area contributed by atoms with E-state index in [2.05, 4.69) is 5.32 Å². The standard InChI is InChI=1S/C11H14ClNO2/c1-7-4-5-10(15-3)9(6-7)13-11(14)8(2)12/h4-6,8H,1-3H3,(H,13,14)/t8-/m0/s1. The van der Waals surface area contributed by atoms with E-state index in [1.165, 1.54) is 0 Å². The van der Waals surface area contributed by atoms with E-state index >= 15 is 0 Å². The Kier molecular flexibility index (Phi) is 3.97. The predicted octanol–water partition coefficient (Wildman–Crippen LogP) is 2.57. The summed E-state index contributed by atoms with van der Waals surface area (Å²) in [7, 11) is 1.56. The van der Waals surface area contributed by atoms with Gasteiger partial charge in [-0.3, -0.25) is 4.79 Å². The van der Waals surface area contributed by atoms with Crippen LogP contribution in [0.5, 0.6) is 5.75 Å². The summed E-state index contributed by atoms with van der Waals surface area (Å²) in [5.41, 5.74) is 1.70. The number of alkyl halides is 1. The Balaban J connectivity index is 2.92. The summed E-state index contributed by atoms with van der Waals surface area (Å²) in [6, 6.07) is 5.57. The quantitative estimate of drug-likeness (QED) is 0.806. The maximum Gasteiger partial charge on any atom is 0.242 e. The number of anilines is 1. The minimum atomic E-state index is -0.560. The van der Waals surface area contributed by atoms with Gasteiger partial charge in [0, 0.05) is 0 Å². The first-order chi connectivity index (χ1) is 7.04. The lowest BCUT2D eigenvalue weighted by atomic mass is 10.2. The highest BCUT2D eigenvalue weighted by Crippen LogP contribution is 2.25. The van der Waals surface area contributed by atoms with Crippen LogP contribution in [0.3, 0.4) is 0 Å². The smallest absolute Gasteiger partial charge is 0.242 e. The Morgan fingerprint density at radius 3 is 2.73 bits per heavy atom. The molecule has 3 nitrogen and oxygen atoms in total. The highest BCUT2D eigenvalue weighted by molar-refractivity contribution is 6.32. The van der Waals surface area contributed by atoms with Crippen LogP contribution in [0.4, 0.5) is 5.69 Å². The predicted molar refractivity (Wildman–Crippen MR) is 61.7 cm³/mol. The van der Waals surface area contributed by atoms with Crippen molar-refractivity contribution in [1.29, 1.82) is 0 Å². The van der Waals surface area contributed by atoms with Crippen LogP contribution in [0.1, 0.15) is 12.5 Å². The number of nitrogens with one attached hydrogen (secondary N) is 1. The van der Waals surface area contributed by atoms with Gasteiger partial charge in [0.15, 0.2) is 0 Å². The number of ether oxygens (including phenoxy) is 1. The third kappa shape index (κ3) is 3.13. The summed E-state index contributed by atoms with van der Waals surface area (Å²) in [5, 5.41) is 2.15. The number of rotatable bonds is 3. The largest absolute Gasteiger partial charge is 0.495 e. The summed E-state index contributed by atoms with van der Waals surface area (Å²) in [5.74, 6) is 0.395. The van der Waals surface area contributed by atoms with Gasteiger partial charge in [0.25, 0.3) is 0 Å². The first kappa shape index (κ1) is 11.9. The van der Waals surface area contributed by atoms with Crippen molar-refractivity contribution >= 4 is 23.2 Å². The average molecular weight is 228 g/mol. The second-order valence-electron chi connectivity index (χ2n) is 3.31. The molecule has 82 valence electrons. The third-order valence-electron chi connectivity index (χ3n) is 1.97. The van der Waals surface area contributed by atoms with E-state index < -0.39 is 5.38 Å². The zero-order valence-electron chi connectivity index (χ0n) is 9.00. The average Bonchev–Trinajstić information content (AvgIpc) is 2.18. The van der Waals surface area contributed by atoms with Crippen LogP contribution in [-0.4, -0.2) is 18.4 Å². The van der Waals surface area contributed by atoms with Gasteiger partial charge in [0.05, 0.1) is 12.8 Å². The van der Waals surface area contributed by atoms with Gasteiger partial charge in [-0.25, -0.2) is 0 Å². The van der Waals surface area contributed by atoms with Crippen LogP contribution in [0.2, 0.25) is 0 Å². The lowest BCUT2D eigenvalue weighted by molar-refractivity contribution is -0.115. The highest BCUT2D eigenvalue weighted by Gasteiger charge is 2.11. The molecule has 0 aromatic heterocycles. The molecule has 0 aliphatic rings. The summed E-state index contributed by atoms with van der Waals surface area (Å²) in [6.07, 6.45) is 0. The molecule has 0 aliphatic heterocycles. The fraction of sp³-hybridized carbons (Fsp3) is 0.364. The van der Waals surface area contributed by atoms with Gasteiger partial charge in [-0.1, -0.05) is 6.07 Å². The topological polar surface area (TPSA) is 38.3 Å². The molecule has 0 heterocycles. The summed E-state index contributed by atoms with van der Waals surface area (Å²) in [4.78, 5) is 11.4. The molecular weight excluding hydrogens is 214 g/mol. The van der Waals surface area contributed by atoms with Gasteiger partial charge < -0.3 is 10.1 Å². The van der Waals surface area contributed by atoms with Crippen LogP contribution in [0, 0.1) is 6.92 Å². The molecule has 1 aromatic carbocycles. The van der Waals surface area contributed by atoms with E-state index in [-0.39, 0.29) is 5.91 Å². The molecule has 1 N–H and O–H groups in total. The van der Waals surface area contributed by atoms with Crippen LogP contribution in [0.25, 0.3) is 0 Å². The Morgan fingerprint density at radius 1 is 1.53 bits per heavy atom. The van der Waals surface area contributed by atoms with Crippen molar-refractivity contribution in [2.24, 2.45) is 0 Å². The zero-order chi connectivity index (χ0) is 11.4. The Bertz CT molecular complexity index is 364. The number of aryl methyl sites for hydroxylation is 1. The minimum Gasteiger partial charge on any atom is -0.495 e. The molecule has 1 rings (SSSR count). The summed E-state index contributed by atoms with van der Waals surface area (Å²) >= 11 is 5.66. The monoisotopic (exact) mass is 227 g/mol. The number of hydrogen-bond donors (Lipinski definition) is 1. The lowest BCUT2D eigenvalue weighted by Gasteiger charge is -2.11. The third-order valence-corrected chi connectivity index (χ3v) is 2.17.